The van der Waals surface area contributed by atoms with Crippen molar-refractivity contribution in [2.24, 2.45) is 5.92 Å². The van der Waals surface area contributed by atoms with Crippen LogP contribution in [0, 0.1) is 5.92 Å². The monoisotopic (exact) mass is 352 g/mol. The average molecular weight is 352 g/mol. The van der Waals surface area contributed by atoms with Gasteiger partial charge in [-0.15, -0.1) is 0 Å². The number of methoxy groups -OCH3 is 1. The molecule has 0 radical (unpaired) electrons. The standard InChI is InChI=1S/C21H24N2O3/c1-26-10-9-19(24)22-12-15-11-17(14-22)21-18(16-5-3-2-4-6-16)7-8-20(25)23(21)13-15/h2-8,15,17H,9-14H2,1H3. The van der Waals surface area contributed by atoms with Gasteiger partial charge in [-0.25, -0.2) is 0 Å². The van der Waals surface area contributed by atoms with Gasteiger partial charge < -0.3 is 14.2 Å². The summed E-state index contributed by atoms with van der Waals surface area (Å²) in [5.41, 5.74) is 3.38. The molecule has 1 fully saturated rings. The lowest BCUT2D eigenvalue weighted by Gasteiger charge is -2.43. The zero-order valence-corrected chi connectivity index (χ0v) is 15.1. The highest BCUT2D eigenvalue weighted by Gasteiger charge is 2.37. The van der Waals surface area contributed by atoms with Crippen molar-refractivity contribution < 1.29 is 9.53 Å². The predicted octanol–water partition coefficient (Wildman–Crippen LogP) is 2.50. The maximum Gasteiger partial charge on any atom is 0.250 e. The van der Waals surface area contributed by atoms with Crippen molar-refractivity contribution in [3.63, 3.8) is 0 Å². The van der Waals surface area contributed by atoms with Crippen molar-refractivity contribution in [3.05, 3.63) is 58.5 Å². The molecule has 5 heteroatoms. The van der Waals surface area contributed by atoms with Gasteiger partial charge in [0.2, 0.25) is 5.91 Å². The van der Waals surface area contributed by atoms with Gasteiger partial charge in [0, 0.05) is 50.0 Å². The van der Waals surface area contributed by atoms with Crippen LogP contribution in [0.5, 0.6) is 0 Å². The number of benzene rings is 1. The molecule has 2 aliphatic rings. The number of fused-ring (bicyclic) bond motifs is 4. The third-order valence-electron chi connectivity index (χ3n) is 5.55. The number of aromatic nitrogens is 1. The Morgan fingerprint density at radius 1 is 1.12 bits per heavy atom. The molecule has 2 aromatic rings. The average Bonchev–Trinajstić information content (AvgIpc) is 2.67. The zero-order valence-electron chi connectivity index (χ0n) is 15.1. The van der Waals surface area contributed by atoms with E-state index in [9.17, 15) is 9.59 Å². The first-order valence-corrected chi connectivity index (χ1v) is 9.23. The van der Waals surface area contributed by atoms with E-state index in [0.717, 1.165) is 29.8 Å². The van der Waals surface area contributed by atoms with Gasteiger partial charge in [0.25, 0.3) is 5.56 Å². The Labute approximate surface area is 153 Å². The van der Waals surface area contributed by atoms with Crippen molar-refractivity contribution in [2.75, 3.05) is 26.8 Å². The lowest BCUT2D eigenvalue weighted by atomic mass is 9.80. The topological polar surface area (TPSA) is 51.5 Å². The lowest BCUT2D eigenvalue weighted by molar-refractivity contribution is -0.134. The summed E-state index contributed by atoms with van der Waals surface area (Å²) in [5, 5.41) is 0. The van der Waals surface area contributed by atoms with Crippen LogP contribution in [0.4, 0.5) is 0 Å². The van der Waals surface area contributed by atoms with Crippen LogP contribution in [-0.4, -0.2) is 42.2 Å². The summed E-state index contributed by atoms with van der Waals surface area (Å²) in [6.45, 7) is 2.57. The number of carbonyl (C=O) groups excluding carboxylic acids is 1. The third kappa shape index (κ3) is 3.07. The van der Waals surface area contributed by atoms with Crippen molar-refractivity contribution in [1.82, 2.24) is 9.47 Å². The second kappa shape index (κ2) is 7.08. The SMILES string of the molecule is COCCC(=O)N1CC2CC(C1)c1c(-c3ccccc3)ccc(=O)n1C2. The quantitative estimate of drug-likeness (QED) is 0.849. The van der Waals surface area contributed by atoms with E-state index in [-0.39, 0.29) is 17.4 Å². The largest absolute Gasteiger partial charge is 0.384 e. The van der Waals surface area contributed by atoms with Gasteiger partial charge in [0.05, 0.1) is 13.0 Å². The summed E-state index contributed by atoms with van der Waals surface area (Å²) in [4.78, 5) is 27.0. The molecule has 1 saturated heterocycles. The van der Waals surface area contributed by atoms with E-state index in [1.807, 2.05) is 33.7 Å². The zero-order chi connectivity index (χ0) is 18.1. The summed E-state index contributed by atoms with van der Waals surface area (Å²) >= 11 is 0. The first kappa shape index (κ1) is 17.0. The molecule has 136 valence electrons. The summed E-state index contributed by atoms with van der Waals surface area (Å²) in [5.74, 6) is 0.698. The summed E-state index contributed by atoms with van der Waals surface area (Å²) in [6.07, 6.45) is 1.46. The molecule has 26 heavy (non-hydrogen) atoms. The van der Waals surface area contributed by atoms with Crippen LogP contribution < -0.4 is 5.56 Å². The number of carbonyl (C=O) groups is 1. The molecule has 4 rings (SSSR count). The smallest absolute Gasteiger partial charge is 0.250 e. The second-order valence-corrected chi connectivity index (χ2v) is 7.29. The molecule has 0 spiro atoms. The molecular formula is C21H24N2O3. The summed E-state index contributed by atoms with van der Waals surface area (Å²) in [7, 11) is 1.62. The minimum absolute atomic E-state index is 0.0635. The number of hydrogen-bond donors (Lipinski definition) is 0. The predicted molar refractivity (Wildman–Crippen MR) is 100 cm³/mol. The van der Waals surface area contributed by atoms with Gasteiger partial charge in [-0.2, -0.15) is 0 Å². The van der Waals surface area contributed by atoms with Crippen molar-refractivity contribution in [3.8, 4) is 11.1 Å². The highest BCUT2D eigenvalue weighted by molar-refractivity contribution is 5.76. The molecule has 0 N–H and O–H groups in total. The molecule has 1 aromatic carbocycles. The van der Waals surface area contributed by atoms with Crippen LogP contribution in [0.1, 0.15) is 24.5 Å². The summed E-state index contributed by atoms with van der Waals surface area (Å²) in [6, 6.07) is 13.8. The fourth-order valence-electron chi connectivity index (χ4n) is 4.43. The van der Waals surface area contributed by atoms with Crippen LogP contribution in [0.2, 0.25) is 0 Å². The first-order chi connectivity index (χ1) is 12.7. The maximum absolute atomic E-state index is 12.5. The van der Waals surface area contributed by atoms with E-state index in [2.05, 4.69) is 12.1 Å². The van der Waals surface area contributed by atoms with Crippen LogP contribution in [0.15, 0.2) is 47.3 Å². The minimum atomic E-state index is 0.0635. The molecule has 2 unspecified atom stereocenters. The van der Waals surface area contributed by atoms with Crippen molar-refractivity contribution in [1.29, 1.82) is 0 Å². The third-order valence-corrected chi connectivity index (χ3v) is 5.55. The Hall–Kier alpha value is -2.40. The Morgan fingerprint density at radius 3 is 2.69 bits per heavy atom. The van der Waals surface area contributed by atoms with E-state index < -0.39 is 0 Å². The number of nitrogens with zero attached hydrogens (tertiary/aromatic N) is 2. The Kier molecular flexibility index (Phi) is 4.64. The molecule has 1 amide bonds. The molecule has 3 heterocycles. The Morgan fingerprint density at radius 2 is 1.92 bits per heavy atom. The first-order valence-electron chi connectivity index (χ1n) is 9.23. The molecule has 5 nitrogen and oxygen atoms in total. The number of piperidine rings is 1. The van der Waals surface area contributed by atoms with Crippen LogP contribution in [0.25, 0.3) is 11.1 Å². The van der Waals surface area contributed by atoms with Gasteiger partial charge in [0.1, 0.15) is 0 Å². The maximum atomic E-state index is 12.5. The van der Waals surface area contributed by atoms with Crippen molar-refractivity contribution >= 4 is 5.91 Å². The van der Waals surface area contributed by atoms with E-state index in [0.29, 0.717) is 32.0 Å². The van der Waals surface area contributed by atoms with Crippen LogP contribution in [-0.2, 0) is 16.1 Å². The van der Waals surface area contributed by atoms with Crippen LogP contribution >= 0.6 is 0 Å². The van der Waals surface area contributed by atoms with E-state index in [1.165, 1.54) is 0 Å². The van der Waals surface area contributed by atoms with Gasteiger partial charge in [0.15, 0.2) is 0 Å². The van der Waals surface area contributed by atoms with Gasteiger partial charge >= 0.3 is 0 Å². The number of rotatable bonds is 4. The van der Waals surface area contributed by atoms with E-state index in [1.54, 1.807) is 13.2 Å². The van der Waals surface area contributed by atoms with Crippen molar-refractivity contribution in [2.45, 2.75) is 25.3 Å². The minimum Gasteiger partial charge on any atom is -0.384 e. The fraction of sp³-hybridized carbons (Fsp3) is 0.429. The molecule has 2 bridgehead atoms. The lowest BCUT2D eigenvalue weighted by Crippen LogP contribution is -2.49. The normalized spacial score (nSPS) is 21.3. The van der Waals surface area contributed by atoms with Gasteiger partial charge in [-0.1, -0.05) is 30.3 Å². The number of ether oxygens (including phenoxy) is 1. The molecule has 0 aliphatic carbocycles. The molecule has 2 aliphatic heterocycles. The Bertz CT molecular complexity index is 859. The number of likely N-dealkylation sites (tertiary alicyclic amines) is 1. The molecular weight excluding hydrogens is 328 g/mol. The van der Waals surface area contributed by atoms with E-state index >= 15 is 0 Å². The molecule has 0 saturated carbocycles. The number of amides is 1. The number of pyridine rings is 1. The molecule has 1 aromatic heterocycles. The highest BCUT2D eigenvalue weighted by atomic mass is 16.5. The van der Waals surface area contributed by atoms with Gasteiger partial charge in [-0.3, -0.25) is 9.59 Å². The number of hydrogen-bond acceptors (Lipinski definition) is 3. The Balaban J connectivity index is 1.71. The van der Waals surface area contributed by atoms with E-state index in [4.69, 9.17) is 4.74 Å². The molecule has 2 atom stereocenters. The fourth-order valence-corrected chi connectivity index (χ4v) is 4.43. The summed E-state index contributed by atoms with van der Waals surface area (Å²) < 4.78 is 7.00. The van der Waals surface area contributed by atoms with Gasteiger partial charge in [-0.05, 0) is 24.0 Å². The second-order valence-electron chi connectivity index (χ2n) is 7.29. The van der Waals surface area contributed by atoms with Crippen LogP contribution in [0.3, 0.4) is 0 Å². The highest BCUT2D eigenvalue weighted by Crippen LogP contribution is 2.39.